The van der Waals surface area contributed by atoms with Crippen LogP contribution in [0.5, 0.6) is 5.75 Å². The largest absolute Gasteiger partial charge is 0.508 e. The molecule has 1 N–H and O–H groups in total. The van der Waals surface area contributed by atoms with Crippen LogP contribution in [0.15, 0.2) is 59.5 Å². The minimum absolute atomic E-state index is 0.251. The van der Waals surface area contributed by atoms with Crippen molar-refractivity contribution in [2.45, 2.75) is 10.6 Å². The van der Waals surface area contributed by atoms with E-state index in [0.717, 1.165) is 16.1 Å². The zero-order valence-corrected chi connectivity index (χ0v) is 11.1. The van der Waals surface area contributed by atoms with Crippen LogP contribution in [0.3, 0.4) is 0 Å². The molecule has 0 aliphatic heterocycles. The van der Waals surface area contributed by atoms with Crippen LogP contribution in [0.4, 0.5) is 0 Å². The summed E-state index contributed by atoms with van der Waals surface area (Å²) >= 11 is 0. The van der Waals surface area contributed by atoms with Crippen LogP contribution in [-0.2, 0) is 10.5 Å². The molecule has 0 heterocycles. The average molecular weight is 260 g/mol. The number of hydrogen-bond donors (Lipinski definition) is 1. The Morgan fingerprint density at radius 2 is 1.67 bits per heavy atom. The highest BCUT2D eigenvalue weighted by molar-refractivity contribution is 8.42. The highest BCUT2D eigenvalue weighted by atomic mass is 32.3. The van der Waals surface area contributed by atoms with E-state index in [9.17, 15) is 9.90 Å². The van der Waals surface area contributed by atoms with E-state index in [-0.39, 0.29) is 5.75 Å². The lowest BCUT2D eigenvalue weighted by molar-refractivity contribution is 0.475. The van der Waals surface area contributed by atoms with Crippen molar-refractivity contribution in [2.24, 2.45) is 0 Å². The fraction of sp³-hybridized carbons (Fsp3) is 0.133. The molecule has 0 fully saturated rings. The first-order valence-corrected chi connectivity index (χ1v) is 7.96. The molecule has 0 aliphatic rings. The molecule has 0 aliphatic carbocycles. The summed E-state index contributed by atoms with van der Waals surface area (Å²) < 4.78 is 0. The molecule has 0 bridgehead atoms. The first kappa shape index (κ1) is 12.7. The van der Waals surface area contributed by atoms with Gasteiger partial charge >= 0.3 is 0 Å². The van der Waals surface area contributed by atoms with Crippen LogP contribution >= 0.6 is 10.0 Å². The van der Waals surface area contributed by atoms with Crippen molar-refractivity contribution in [3.8, 4) is 5.75 Å². The van der Waals surface area contributed by atoms with Gasteiger partial charge in [0.15, 0.2) is 5.62 Å². The Hall–Kier alpha value is -1.74. The SMILES string of the molecule is CS(C=O)(Cc1ccc(O)cc1)c1ccccc1. The van der Waals surface area contributed by atoms with Crippen molar-refractivity contribution in [1.29, 1.82) is 0 Å². The Morgan fingerprint density at radius 3 is 2.22 bits per heavy atom. The van der Waals surface area contributed by atoms with Crippen LogP contribution in [0.25, 0.3) is 0 Å². The van der Waals surface area contributed by atoms with Crippen LogP contribution in [0, 0.1) is 0 Å². The number of aromatic hydroxyl groups is 1. The molecule has 3 heteroatoms. The average Bonchev–Trinajstić information content (AvgIpc) is 2.42. The second-order valence-electron chi connectivity index (χ2n) is 4.38. The number of hydrogen-bond acceptors (Lipinski definition) is 2. The minimum Gasteiger partial charge on any atom is -0.508 e. The van der Waals surface area contributed by atoms with Crippen molar-refractivity contribution in [1.82, 2.24) is 0 Å². The lowest BCUT2D eigenvalue weighted by Crippen LogP contribution is -2.03. The Bertz CT molecular complexity index is 522. The summed E-state index contributed by atoms with van der Waals surface area (Å²) in [6.07, 6.45) is 2.02. The quantitative estimate of drug-likeness (QED) is 0.853. The van der Waals surface area contributed by atoms with E-state index >= 15 is 0 Å². The normalized spacial score (nSPS) is 15.6. The van der Waals surface area contributed by atoms with E-state index in [1.807, 2.05) is 48.7 Å². The highest BCUT2D eigenvalue weighted by Crippen LogP contribution is 2.52. The van der Waals surface area contributed by atoms with Crippen LogP contribution < -0.4 is 0 Å². The molecule has 2 nitrogen and oxygen atoms in total. The zero-order valence-electron chi connectivity index (χ0n) is 10.2. The van der Waals surface area contributed by atoms with Gasteiger partial charge in [-0.1, -0.05) is 30.3 Å². The van der Waals surface area contributed by atoms with Gasteiger partial charge in [0.1, 0.15) is 5.75 Å². The van der Waals surface area contributed by atoms with Crippen molar-refractivity contribution >= 4 is 15.6 Å². The van der Waals surface area contributed by atoms with E-state index in [4.69, 9.17) is 0 Å². The summed E-state index contributed by atoms with van der Waals surface area (Å²) in [7, 11) is -1.48. The number of carbonyl (C=O) groups is 1. The molecule has 0 saturated carbocycles. The molecule has 0 spiro atoms. The molecule has 1 atom stereocenters. The maximum Gasteiger partial charge on any atom is 0.163 e. The number of phenolic OH excluding ortho intramolecular Hbond substituents is 1. The number of benzene rings is 2. The van der Waals surface area contributed by atoms with Gasteiger partial charge in [0.2, 0.25) is 0 Å². The maximum absolute atomic E-state index is 11.5. The summed E-state index contributed by atoms with van der Waals surface area (Å²) in [6.45, 7) is 0. The molecule has 0 radical (unpaired) electrons. The fourth-order valence-corrected chi connectivity index (χ4v) is 3.85. The van der Waals surface area contributed by atoms with Crippen molar-refractivity contribution in [3.05, 3.63) is 60.2 Å². The third-order valence-corrected chi connectivity index (χ3v) is 5.60. The smallest absolute Gasteiger partial charge is 0.163 e. The van der Waals surface area contributed by atoms with Gasteiger partial charge in [-0.15, -0.1) is 0 Å². The first-order chi connectivity index (χ1) is 8.64. The third kappa shape index (κ3) is 2.74. The number of rotatable bonds is 4. The van der Waals surface area contributed by atoms with Crippen molar-refractivity contribution in [3.63, 3.8) is 0 Å². The topological polar surface area (TPSA) is 37.3 Å². The molecule has 1 unspecified atom stereocenters. The summed E-state index contributed by atoms with van der Waals surface area (Å²) in [4.78, 5) is 12.6. The standard InChI is InChI=1S/C15H16O2S/c1-18(12-16,15-5-3-2-4-6-15)11-13-7-9-14(17)10-8-13/h2-10,12,17H,11H2,1H3. The van der Waals surface area contributed by atoms with Crippen molar-refractivity contribution < 1.29 is 9.90 Å². The Labute approximate surface area is 109 Å². The third-order valence-electron chi connectivity index (χ3n) is 2.90. The second-order valence-corrected chi connectivity index (χ2v) is 7.64. The minimum atomic E-state index is -1.48. The Kier molecular flexibility index (Phi) is 3.72. The van der Waals surface area contributed by atoms with E-state index in [1.165, 1.54) is 0 Å². The van der Waals surface area contributed by atoms with E-state index in [0.29, 0.717) is 5.75 Å². The van der Waals surface area contributed by atoms with Gasteiger partial charge in [0.25, 0.3) is 0 Å². The van der Waals surface area contributed by atoms with E-state index in [1.54, 1.807) is 12.1 Å². The summed E-state index contributed by atoms with van der Waals surface area (Å²) in [5.41, 5.74) is 2.15. The molecule has 2 aromatic carbocycles. The van der Waals surface area contributed by atoms with Crippen LogP contribution in [-0.4, -0.2) is 17.0 Å². The van der Waals surface area contributed by atoms with E-state index in [2.05, 4.69) is 0 Å². The van der Waals surface area contributed by atoms with Gasteiger partial charge in [0, 0.05) is 5.75 Å². The molecule has 0 aromatic heterocycles. The second kappa shape index (κ2) is 5.27. The molecular formula is C15H16O2S. The molecular weight excluding hydrogens is 244 g/mol. The number of carbonyl (C=O) groups excluding carboxylic acids is 1. The number of phenols is 1. The molecule has 2 aromatic rings. The molecule has 0 amide bonds. The van der Waals surface area contributed by atoms with Gasteiger partial charge in [-0.25, -0.2) is 0 Å². The highest BCUT2D eigenvalue weighted by Gasteiger charge is 2.20. The predicted octanol–water partition coefficient (Wildman–Crippen LogP) is 3.58. The van der Waals surface area contributed by atoms with Gasteiger partial charge in [-0.3, -0.25) is 4.79 Å². The molecule has 0 saturated heterocycles. The van der Waals surface area contributed by atoms with E-state index < -0.39 is 10.0 Å². The van der Waals surface area contributed by atoms with Gasteiger partial charge in [-0.05, 0) is 41.0 Å². The summed E-state index contributed by atoms with van der Waals surface area (Å²) in [5.74, 6) is 0.960. The Balaban J connectivity index is 2.29. The fourth-order valence-electron chi connectivity index (χ4n) is 1.84. The monoisotopic (exact) mass is 260 g/mol. The first-order valence-electron chi connectivity index (χ1n) is 5.68. The lowest BCUT2D eigenvalue weighted by atomic mass is 10.2. The summed E-state index contributed by atoms with van der Waals surface area (Å²) in [5, 5.41) is 9.27. The summed E-state index contributed by atoms with van der Waals surface area (Å²) in [6, 6.07) is 16.9. The maximum atomic E-state index is 11.5. The van der Waals surface area contributed by atoms with Gasteiger partial charge in [-0.2, -0.15) is 10.0 Å². The molecule has 2 rings (SSSR count). The van der Waals surface area contributed by atoms with Gasteiger partial charge in [0.05, 0.1) is 0 Å². The van der Waals surface area contributed by atoms with Gasteiger partial charge < -0.3 is 5.11 Å². The zero-order chi connectivity index (χ0) is 13.0. The van der Waals surface area contributed by atoms with Crippen LogP contribution in [0.1, 0.15) is 5.56 Å². The molecule has 94 valence electrons. The Morgan fingerprint density at radius 1 is 1.06 bits per heavy atom. The van der Waals surface area contributed by atoms with Crippen LogP contribution in [0.2, 0.25) is 0 Å². The van der Waals surface area contributed by atoms with Crippen molar-refractivity contribution in [2.75, 3.05) is 6.26 Å². The molecule has 18 heavy (non-hydrogen) atoms. The predicted molar refractivity (Wildman–Crippen MR) is 76.8 cm³/mol. The lowest BCUT2D eigenvalue weighted by Gasteiger charge is -2.29.